The van der Waals surface area contributed by atoms with Crippen LogP contribution in [0.1, 0.15) is 0 Å². The Labute approximate surface area is 124 Å². The Balaban J connectivity index is 2.08. The molecule has 9 heteroatoms. The molecule has 0 aliphatic carbocycles. The van der Waals surface area contributed by atoms with Gasteiger partial charge in [-0.1, -0.05) is 0 Å². The molecular weight excluding hydrogens is 321 g/mol. The van der Waals surface area contributed by atoms with Crippen molar-refractivity contribution in [1.82, 2.24) is 9.55 Å². The topological polar surface area (TPSA) is 64.1 Å². The van der Waals surface area contributed by atoms with Crippen molar-refractivity contribution in [2.75, 3.05) is 0 Å². The predicted molar refractivity (Wildman–Crippen MR) is 74.7 cm³/mol. The molecule has 1 aromatic carbocycles. The molecule has 5 nitrogen and oxygen atoms in total. The lowest BCUT2D eigenvalue weighted by molar-refractivity contribution is -0.274. The zero-order valence-electron chi connectivity index (χ0n) is 10.7. The summed E-state index contributed by atoms with van der Waals surface area (Å²) in [5.41, 5.74) is -0.622. The van der Waals surface area contributed by atoms with Crippen molar-refractivity contribution in [1.29, 1.82) is 0 Å². The Kier molecular flexibility index (Phi) is 3.28. The van der Waals surface area contributed by atoms with Gasteiger partial charge in [-0.25, -0.2) is 9.36 Å². The second kappa shape index (κ2) is 5.02. The summed E-state index contributed by atoms with van der Waals surface area (Å²) in [5.74, 6) is -0.432. The van der Waals surface area contributed by atoms with E-state index in [1.165, 1.54) is 23.5 Å². The smallest absolute Gasteiger partial charge is 0.406 e. The van der Waals surface area contributed by atoms with E-state index in [0.717, 1.165) is 16.7 Å². The number of ether oxygens (including phenoxy) is 1. The second-order valence-electron chi connectivity index (χ2n) is 4.28. The van der Waals surface area contributed by atoms with Crippen molar-refractivity contribution in [2.24, 2.45) is 0 Å². The Morgan fingerprint density at radius 1 is 1.09 bits per heavy atom. The summed E-state index contributed by atoms with van der Waals surface area (Å²) < 4.78 is 41.3. The molecule has 0 amide bonds. The number of H-pyrrole nitrogens is 1. The van der Waals surface area contributed by atoms with E-state index in [4.69, 9.17) is 0 Å². The highest BCUT2D eigenvalue weighted by Gasteiger charge is 2.31. The molecule has 2 aromatic heterocycles. The van der Waals surface area contributed by atoms with Gasteiger partial charge >= 0.3 is 12.1 Å². The summed E-state index contributed by atoms with van der Waals surface area (Å²) in [5, 5.41) is 1.66. The number of hydrogen-bond acceptors (Lipinski definition) is 4. The Hall–Kier alpha value is -2.55. The monoisotopic (exact) mass is 328 g/mol. The quantitative estimate of drug-likeness (QED) is 0.786. The number of rotatable bonds is 2. The minimum atomic E-state index is -4.80. The fraction of sp³-hybridized carbons (Fsp3) is 0.0769. The van der Waals surface area contributed by atoms with Crippen molar-refractivity contribution in [3.8, 4) is 11.4 Å². The summed E-state index contributed by atoms with van der Waals surface area (Å²) in [6.45, 7) is 0. The van der Waals surface area contributed by atoms with Gasteiger partial charge in [0.15, 0.2) is 0 Å². The van der Waals surface area contributed by atoms with E-state index in [1.807, 2.05) is 0 Å². The molecule has 114 valence electrons. The van der Waals surface area contributed by atoms with Crippen molar-refractivity contribution < 1.29 is 17.9 Å². The normalized spacial score (nSPS) is 11.8. The molecule has 0 atom stereocenters. The number of nitrogens with zero attached hydrogens (tertiary/aromatic N) is 1. The lowest BCUT2D eigenvalue weighted by atomic mass is 10.3. The molecule has 22 heavy (non-hydrogen) atoms. The van der Waals surface area contributed by atoms with Crippen LogP contribution in [0.3, 0.4) is 0 Å². The highest BCUT2D eigenvalue weighted by Crippen LogP contribution is 2.23. The molecule has 0 aliphatic heterocycles. The van der Waals surface area contributed by atoms with E-state index in [1.54, 1.807) is 11.4 Å². The highest BCUT2D eigenvalue weighted by atomic mass is 32.1. The maximum atomic E-state index is 12.3. The third-order valence-corrected chi connectivity index (χ3v) is 3.74. The zero-order chi connectivity index (χ0) is 15.9. The van der Waals surface area contributed by atoms with Crippen LogP contribution in [0.25, 0.3) is 15.9 Å². The van der Waals surface area contributed by atoms with Gasteiger partial charge in [0.1, 0.15) is 10.4 Å². The van der Waals surface area contributed by atoms with E-state index < -0.39 is 23.4 Å². The Bertz CT molecular complexity index is 938. The van der Waals surface area contributed by atoms with E-state index >= 15 is 0 Å². The van der Waals surface area contributed by atoms with Crippen molar-refractivity contribution >= 4 is 21.6 Å². The molecule has 3 rings (SSSR count). The van der Waals surface area contributed by atoms with Gasteiger partial charge in [-0.2, -0.15) is 0 Å². The molecule has 0 fully saturated rings. The molecule has 0 saturated heterocycles. The van der Waals surface area contributed by atoms with E-state index in [-0.39, 0.29) is 5.69 Å². The van der Waals surface area contributed by atoms with Gasteiger partial charge in [-0.3, -0.25) is 4.79 Å². The van der Waals surface area contributed by atoms with E-state index in [9.17, 15) is 22.8 Å². The lowest BCUT2D eigenvalue weighted by Gasteiger charge is -2.09. The first-order chi connectivity index (χ1) is 10.3. The number of benzene rings is 1. The van der Waals surface area contributed by atoms with Gasteiger partial charge in [0.25, 0.3) is 5.56 Å². The van der Waals surface area contributed by atoms with Crippen LogP contribution in [0.4, 0.5) is 13.2 Å². The highest BCUT2D eigenvalue weighted by molar-refractivity contribution is 7.17. The molecule has 0 unspecified atom stereocenters. The van der Waals surface area contributed by atoms with E-state index in [2.05, 4.69) is 9.72 Å². The molecule has 2 heterocycles. The van der Waals surface area contributed by atoms with Crippen molar-refractivity contribution in [3.05, 3.63) is 56.5 Å². The number of halogens is 3. The number of hydrogen-bond donors (Lipinski definition) is 1. The minimum Gasteiger partial charge on any atom is -0.406 e. The van der Waals surface area contributed by atoms with Gasteiger partial charge in [-0.15, -0.1) is 24.5 Å². The van der Waals surface area contributed by atoms with Crippen LogP contribution < -0.4 is 16.0 Å². The standard InChI is InChI=1S/C13H7F3N2O3S/c14-13(15,16)21-8-3-1-7(2-4-8)18-11(19)10-9(5-6-22-10)17-12(18)20/h1-6H,(H,17,20). The number of thiophene rings is 1. The van der Waals surface area contributed by atoms with Crippen LogP contribution in [-0.2, 0) is 0 Å². The first-order valence-corrected chi connectivity index (χ1v) is 6.82. The summed E-state index contributed by atoms with van der Waals surface area (Å²) in [7, 11) is 0. The SMILES string of the molecule is O=c1[nH]c2ccsc2c(=O)n1-c1ccc(OC(F)(F)F)cc1. The third kappa shape index (κ3) is 2.62. The average Bonchev–Trinajstić information content (AvgIpc) is 2.87. The van der Waals surface area contributed by atoms with Crippen LogP contribution in [-0.4, -0.2) is 15.9 Å². The van der Waals surface area contributed by atoms with Crippen LogP contribution in [0.5, 0.6) is 5.75 Å². The average molecular weight is 328 g/mol. The largest absolute Gasteiger partial charge is 0.573 e. The third-order valence-electron chi connectivity index (χ3n) is 2.84. The fourth-order valence-electron chi connectivity index (χ4n) is 1.97. The molecular formula is C13H7F3N2O3S. The summed E-state index contributed by atoms with van der Waals surface area (Å²) in [6, 6.07) is 6.09. The lowest BCUT2D eigenvalue weighted by Crippen LogP contribution is -2.32. The first kappa shape index (κ1) is 14.4. The maximum absolute atomic E-state index is 12.3. The first-order valence-electron chi connectivity index (χ1n) is 5.94. The molecule has 0 aliphatic rings. The van der Waals surface area contributed by atoms with Gasteiger partial charge in [0.2, 0.25) is 0 Å². The predicted octanol–water partition coefficient (Wildman–Crippen LogP) is 2.64. The van der Waals surface area contributed by atoms with Crippen LogP contribution in [0.2, 0.25) is 0 Å². The Morgan fingerprint density at radius 2 is 1.77 bits per heavy atom. The second-order valence-corrected chi connectivity index (χ2v) is 5.19. The number of aromatic nitrogens is 2. The number of aromatic amines is 1. The maximum Gasteiger partial charge on any atom is 0.573 e. The van der Waals surface area contributed by atoms with Crippen molar-refractivity contribution in [3.63, 3.8) is 0 Å². The molecule has 3 aromatic rings. The zero-order valence-corrected chi connectivity index (χ0v) is 11.5. The van der Waals surface area contributed by atoms with Gasteiger partial charge in [0, 0.05) is 0 Å². The number of alkyl halides is 3. The fourth-order valence-corrected chi connectivity index (χ4v) is 2.75. The van der Waals surface area contributed by atoms with Gasteiger partial charge in [-0.05, 0) is 35.7 Å². The minimum absolute atomic E-state index is 0.149. The molecule has 1 N–H and O–H groups in total. The molecule has 0 radical (unpaired) electrons. The number of fused-ring (bicyclic) bond motifs is 1. The summed E-state index contributed by atoms with van der Waals surface area (Å²) in [6.07, 6.45) is -4.80. The Morgan fingerprint density at radius 3 is 2.41 bits per heavy atom. The van der Waals surface area contributed by atoms with Crippen LogP contribution >= 0.6 is 11.3 Å². The summed E-state index contributed by atoms with van der Waals surface area (Å²) in [4.78, 5) is 26.8. The molecule has 0 spiro atoms. The number of nitrogens with one attached hydrogen (secondary N) is 1. The van der Waals surface area contributed by atoms with E-state index in [0.29, 0.717) is 10.2 Å². The van der Waals surface area contributed by atoms with Crippen molar-refractivity contribution in [2.45, 2.75) is 6.36 Å². The van der Waals surface area contributed by atoms with Gasteiger partial charge in [0.05, 0.1) is 11.2 Å². The van der Waals surface area contributed by atoms with Gasteiger partial charge < -0.3 is 9.72 Å². The van der Waals surface area contributed by atoms with Crippen LogP contribution in [0.15, 0.2) is 45.3 Å². The molecule has 0 saturated carbocycles. The summed E-state index contributed by atoms with van der Waals surface area (Å²) >= 11 is 1.17. The molecule has 0 bridgehead atoms. The van der Waals surface area contributed by atoms with Crippen LogP contribution in [0, 0.1) is 0 Å².